The summed E-state index contributed by atoms with van der Waals surface area (Å²) in [5.41, 5.74) is 2.55. The van der Waals surface area contributed by atoms with E-state index in [4.69, 9.17) is 0 Å². The topological polar surface area (TPSA) is 0 Å². The summed E-state index contributed by atoms with van der Waals surface area (Å²) in [6, 6.07) is 20.8. The molecule has 0 radical (unpaired) electrons. The zero-order chi connectivity index (χ0) is 8.23. The van der Waals surface area contributed by atoms with Crippen LogP contribution in [0.4, 0.5) is 0 Å². The first kappa shape index (κ1) is 10.3. The Morgan fingerprint density at radius 2 is 0.769 bits per heavy atom. The van der Waals surface area contributed by atoms with Crippen molar-refractivity contribution in [2.24, 2.45) is 0 Å². The molecule has 0 amide bonds. The molecule has 66 valence electrons. The average Bonchev–Trinajstić information content (AvgIpc) is 2.21. The van der Waals surface area contributed by atoms with E-state index in [1.807, 2.05) is 12.1 Å². The normalized spacial score (nSPS) is 8.92. The zero-order valence-corrected chi connectivity index (χ0v) is 11.5. The largest absolute Gasteiger partial charge is 0.0622 e. The van der Waals surface area contributed by atoms with Crippen molar-refractivity contribution < 1.29 is 0 Å². The van der Waals surface area contributed by atoms with Gasteiger partial charge in [-0.1, -0.05) is 60.7 Å². The van der Waals surface area contributed by atoms with Crippen LogP contribution in [-0.2, 0) is 0 Å². The molecule has 0 aromatic heterocycles. The van der Waals surface area contributed by atoms with Gasteiger partial charge >= 0.3 is 24.4 Å². The Hall–Kier alpha value is -0.742. The summed E-state index contributed by atoms with van der Waals surface area (Å²) >= 11 is 0. The Kier molecular flexibility index (Phi) is 4.05. The number of hydrogen-bond donors (Lipinski definition) is 0. The van der Waals surface area contributed by atoms with Gasteiger partial charge in [0.1, 0.15) is 0 Å². The third kappa shape index (κ3) is 2.60. The molecule has 0 saturated carbocycles. The molecular weight excluding hydrogens is 266 g/mol. The van der Waals surface area contributed by atoms with Gasteiger partial charge in [0.05, 0.1) is 0 Å². The van der Waals surface area contributed by atoms with Crippen LogP contribution in [0.2, 0.25) is 0 Å². The molecule has 0 atom stereocenters. The van der Waals surface area contributed by atoms with E-state index in [0.717, 1.165) is 0 Å². The maximum Gasteiger partial charge on any atom is -0.0184 e. The average molecular weight is 279 g/mol. The van der Waals surface area contributed by atoms with Gasteiger partial charge in [-0.25, -0.2) is 0 Å². The van der Waals surface area contributed by atoms with Gasteiger partial charge in [-0.05, 0) is 11.1 Å². The van der Waals surface area contributed by atoms with Crippen LogP contribution in [-0.4, -0.2) is 24.4 Å². The molecule has 2 aromatic rings. The fourth-order valence-corrected chi connectivity index (χ4v) is 1.26. The maximum absolute atomic E-state index is 2.12. The predicted octanol–water partition coefficient (Wildman–Crippen LogP) is 2.17. The van der Waals surface area contributed by atoms with Crippen LogP contribution in [0.5, 0.6) is 0 Å². The van der Waals surface area contributed by atoms with Crippen LogP contribution >= 0.6 is 0 Å². The first-order valence-electron chi connectivity index (χ1n) is 4.07. The van der Waals surface area contributed by atoms with Crippen molar-refractivity contribution in [3.63, 3.8) is 0 Å². The molecule has 0 unspecified atom stereocenters. The fraction of sp³-hybridized carbons (Fsp3) is 0. The van der Waals surface area contributed by atoms with Crippen LogP contribution in [0.25, 0.3) is 11.1 Å². The molecule has 0 N–H and O–H groups in total. The van der Waals surface area contributed by atoms with Crippen LogP contribution in [0.15, 0.2) is 60.7 Å². The van der Waals surface area contributed by atoms with Gasteiger partial charge in [-0.15, -0.1) is 0 Å². The van der Waals surface area contributed by atoms with Crippen molar-refractivity contribution in [3.8, 4) is 11.1 Å². The first-order chi connectivity index (χ1) is 5.97. The van der Waals surface area contributed by atoms with E-state index in [9.17, 15) is 0 Å². The summed E-state index contributed by atoms with van der Waals surface area (Å²) < 4.78 is 0. The minimum Gasteiger partial charge on any atom is -0.0622 e. The quantitative estimate of drug-likeness (QED) is 0.702. The molecule has 0 aliphatic heterocycles. The maximum atomic E-state index is 2.12. The monoisotopic (exact) mass is 278 g/mol. The molecule has 0 nitrogen and oxygen atoms in total. The molecule has 2 aromatic carbocycles. The standard InChI is InChI=1S/C12H10.Sb.3H/c1-3-7-11(8-4-1)12-9-5-2-6-10-12;;;;/h1-10H;;;;. The Labute approximate surface area is 96.1 Å². The van der Waals surface area contributed by atoms with E-state index in [-0.39, 0.29) is 24.4 Å². The van der Waals surface area contributed by atoms with E-state index in [2.05, 4.69) is 48.5 Å². The van der Waals surface area contributed by atoms with Gasteiger partial charge in [0, 0.05) is 0 Å². The van der Waals surface area contributed by atoms with Crippen molar-refractivity contribution in [3.05, 3.63) is 60.7 Å². The predicted molar refractivity (Wildman–Crippen MR) is 61.8 cm³/mol. The molecule has 2 rings (SSSR count). The summed E-state index contributed by atoms with van der Waals surface area (Å²) in [5, 5.41) is 0. The van der Waals surface area contributed by atoms with E-state index >= 15 is 0 Å². The molecular formula is C12H13Sb. The fourth-order valence-electron chi connectivity index (χ4n) is 1.26. The molecule has 0 heterocycles. The number of hydrogen-bond acceptors (Lipinski definition) is 0. The summed E-state index contributed by atoms with van der Waals surface area (Å²) in [5.74, 6) is 0. The van der Waals surface area contributed by atoms with Gasteiger partial charge in [0.15, 0.2) is 0 Å². The van der Waals surface area contributed by atoms with E-state index in [1.165, 1.54) is 11.1 Å². The first-order valence-corrected chi connectivity index (χ1v) is 4.07. The third-order valence-electron chi connectivity index (χ3n) is 1.88. The number of benzene rings is 2. The minimum absolute atomic E-state index is 0. The third-order valence-corrected chi connectivity index (χ3v) is 1.88. The smallest absolute Gasteiger partial charge is 0.0184 e. The van der Waals surface area contributed by atoms with Crippen molar-refractivity contribution >= 4 is 24.4 Å². The second-order valence-electron chi connectivity index (χ2n) is 2.73. The second kappa shape index (κ2) is 5.09. The molecule has 0 saturated heterocycles. The van der Waals surface area contributed by atoms with Gasteiger partial charge in [0.25, 0.3) is 0 Å². The molecule has 0 fully saturated rings. The van der Waals surface area contributed by atoms with Crippen molar-refractivity contribution in [1.82, 2.24) is 0 Å². The molecule has 0 bridgehead atoms. The minimum atomic E-state index is 0. The Morgan fingerprint density at radius 3 is 1.08 bits per heavy atom. The van der Waals surface area contributed by atoms with Gasteiger partial charge in [-0.3, -0.25) is 0 Å². The molecule has 0 aliphatic rings. The summed E-state index contributed by atoms with van der Waals surface area (Å²) in [7, 11) is 0. The van der Waals surface area contributed by atoms with Crippen LogP contribution in [0, 0.1) is 0 Å². The molecule has 13 heavy (non-hydrogen) atoms. The Bertz CT molecular complexity index is 303. The zero-order valence-electron chi connectivity index (χ0n) is 7.48. The van der Waals surface area contributed by atoms with Crippen molar-refractivity contribution in [1.29, 1.82) is 0 Å². The van der Waals surface area contributed by atoms with E-state index in [1.54, 1.807) is 0 Å². The summed E-state index contributed by atoms with van der Waals surface area (Å²) in [6.07, 6.45) is 0. The van der Waals surface area contributed by atoms with E-state index in [0.29, 0.717) is 0 Å². The van der Waals surface area contributed by atoms with Crippen molar-refractivity contribution in [2.75, 3.05) is 0 Å². The Balaban J connectivity index is 0.000000845. The molecule has 0 aliphatic carbocycles. The summed E-state index contributed by atoms with van der Waals surface area (Å²) in [4.78, 5) is 0. The van der Waals surface area contributed by atoms with Gasteiger partial charge in [-0.2, -0.15) is 0 Å². The van der Waals surface area contributed by atoms with Crippen molar-refractivity contribution in [2.45, 2.75) is 0 Å². The Morgan fingerprint density at radius 1 is 0.462 bits per heavy atom. The molecule has 1 heteroatoms. The van der Waals surface area contributed by atoms with Gasteiger partial charge < -0.3 is 0 Å². The van der Waals surface area contributed by atoms with E-state index < -0.39 is 0 Å². The van der Waals surface area contributed by atoms with Gasteiger partial charge in [0.2, 0.25) is 0 Å². The number of rotatable bonds is 1. The second-order valence-corrected chi connectivity index (χ2v) is 2.73. The van der Waals surface area contributed by atoms with Crippen LogP contribution < -0.4 is 0 Å². The van der Waals surface area contributed by atoms with Crippen LogP contribution in [0.3, 0.4) is 0 Å². The molecule has 0 spiro atoms. The van der Waals surface area contributed by atoms with Crippen LogP contribution in [0.1, 0.15) is 0 Å². The summed E-state index contributed by atoms with van der Waals surface area (Å²) in [6.45, 7) is 0. The SMILES string of the molecule is [SbH3].c1ccc(-c2ccccc2)cc1.